The molecule has 6 nitrogen and oxygen atoms in total. The molecule has 4 rings (SSSR count). The van der Waals surface area contributed by atoms with Crippen LogP contribution in [-0.4, -0.2) is 21.4 Å². The Morgan fingerprint density at radius 2 is 1.86 bits per heavy atom. The van der Waals surface area contributed by atoms with Crippen molar-refractivity contribution in [2.24, 2.45) is 0 Å². The molecule has 0 saturated heterocycles. The molecule has 0 fully saturated rings. The van der Waals surface area contributed by atoms with Crippen LogP contribution in [-0.2, 0) is 27.8 Å². The van der Waals surface area contributed by atoms with Gasteiger partial charge in [0.25, 0.3) is 0 Å². The number of carbonyl (C=O) groups is 1. The predicted octanol–water partition coefficient (Wildman–Crippen LogP) is 3.35. The molecule has 2 N–H and O–H groups in total. The maximum Gasteiger partial charge on any atom is 0.240 e. The van der Waals surface area contributed by atoms with Crippen LogP contribution in [0.15, 0.2) is 76.2 Å². The first-order valence-electron chi connectivity index (χ1n) is 9.15. The van der Waals surface area contributed by atoms with Crippen molar-refractivity contribution in [2.45, 2.75) is 17.9 Å². The number of sulfonamides is 1. The minimum atomic E-state index is -3.52. The first kappa shape index (κ1) is 19.2. The van der Waals surface area contributed by atoms with Gasteiger partial charge >= 0.3 is 0 Å². The smallest absolute Gasteiger partial charge is 0.240 e. The van der Waals surface area contributed by atoms with Crippen LogP contribution in [0.5, 0.6) is 0 Å². The number of hydrogen-bond donors (Lipinski definition) is 2. The Bertz CT molecular complexity index is 1310. The van der Waals surface area contributed by atoms with Gasteiger partial charge < -0.3 is 9.73 Å². The number of amides is 1. The number of benzene rings is 3. The Morgan fingerprint density at radius 1 is 1.03 bits per heavy atom. The first-order valence-corrected chi connectivity index (χ1v) is 10.6. The highest BCUT2D eigenvalue weighted by Gasteiger charge is 2.14. The van der Waals surface area contributed by atoms with E-state index >= 15 is 0 Å². The minimum absolute atomic E-state index is 0.164. The Balaban J connectivity index is 1.51. The van der Waals surface area contributed by atoms with Crippen molar-refractivity contribution in [1.29, 1.82) is 0 Å². The fourth-order valence-corrected chi connectivity index (χ4v) is 4.18. The van der Waals surface area contributed by atoms with Crippen LogP contribution in [0.4, 0.5) is 0 Å². The molecule has 0 spiro atoms. The summed E-state index contributed by atoms with van der Waals surface area (Å²) in [5.74, 6) is -0.164. The maximum atomic E-state index is 12.5. The highest BCUT2D eigenvalue weighted by molar-refractivity contribution is 7.89. The summed E-state index contributed by atoms with van der Waals surface area (Å²) in [4.78, 5) is 12.7. The van der Waals surface area contributed by atoms with E-state index in [4.69, 9.17) is 4.42 Å². The van der Waals surface area contributed by atoms with Gasteiger partial charge in [0.05, 0.1) is 17.6 Å². The molecule has 0 radical (unpaired) electrons. The van der Waals surface area contributed by atoms with E-state index in [2.05, 4.69) is 10.0 Å². The molecular weight excluding hydrogens is 388 g/mol. The zero-order valence-corrected chi connectivity index (χ0v) is 16.6. The summed E-state index contributed by atoms with van der Waals surface area (Å²) < 4.78 is 31.8. The van der Waals surface area contributed by atoms with E-state index in [1.54, 1.807) is 24.5 Å². The second kappa shape index (κ2) is 7.69. The third-order valence-electron chi connectivity index (χ3n) is 4.86. The van der Waals surface area contributed by atoms with Crippen LogP contribution in [0, 0.1) is 0 Å². The topological polar surface area (TPSA) is 88.4 Å². The fraction of sp³-hybridized carbons (Fsp3) is 0.136. The molecule has 0 bridgehead atoms. The summed E-state index contributed by atoms with van der Waals surface area (Å²) in [7, 11) is -2.16. The third kappa shape index (κ3) is 3.87. The molecule has 1 heterocycles. The number of furan rings is 1. The van der Waals surface area contributed by atoms with Gasteiger partial charge in [0.1, 0.15) is 5.58 Å². The second-order valence-corrected chi connectivity index (χ2v) is 8.62. The van der Waals surface area contributed by atoms with Gasteiger partial charge in [-0.2, -0.15) is 0 Å². The van der Waals surface area contributed by atoms with Gasteiger partial charge in [-0.05, 0) is 41.6 Å². The molecule has 0 atom stereocenters. The molecule has 0 aliphatic rings. The number of fused-ring (bicyclic) bond motifs is 3. The number of hydrogen-bond acceptors (Lipinski definition) is 4. The maximum absolute atomic E-state index is 12.5. The lowest BCUT2D eigenvalue weighted by atomic mass is 10.0. The fourth-order valence-electron chi connectivity index (χ4n) is 3.38. The summed E-state index contributed by atoms with van der Waals surface area (Å²) in [6.45, 7) is 0.239. The molecule has 7 heteroatoms. The average molecular weight is 408 g/mol. The molecule has 0 aliphatic heterocycles. The lowest BCUT2D eigenvalue weighted by molar-refractivity contribution is -0.120. The summed E-state index contributed by atoms with van der Waals surface area (Å²) >= 11 is 0. The minimum Gasteiger partial charge on any atom is -0.464 e. The van der Waals surface area contributed by atoms with Gasteiger partial charge in [0.2, 0.25) is 15.9 Å². The average Bonchev–Trinajstić information content (AvgIpc) is 3.15. The standard InChI is InChI=1S/C22H20N2O4S/c1-23-29(26,27)18-7-4-5-15(11-18)13-24-21(25)12-17-14-28-20-10-9-16-6-2-3-8-19(16)22(17)20/h2-11,14,23H,12-13H2,1H3,(H,24,25). The summed E-state index contributed by atoms with van der Waals surface area (Å²) in [6.07, 6.45) is 1.80. The lowest BCUT2D eigenvalue weighted by Crippen LogP contribution is -2.25. The first-order chi connectivity index (χ1) is 14.0. The van der Waals surface area contributed by atoms with Crippen LogP contribution < -0.4 is 10.0 Å². The van der Waals surface area contributed by atoms with Crippen molar-refractivity contribution >= 4 is 37.7 Å². The van der Waals surface area contributed by atoms with Gasteiger partial charge in [-0.3, -0.25) is 4.79 Å². The van der Waals surface area contributed by atoms with Gasteiger partial charge in [-0.25, -0.2) is 13.1 Å². The van der Waals surface area contributed by atoms with Crippen LogP contribution >= 0.6 is 0 Å². The highest BCUT2D eigenvalue weighted by atomic mass is 32.2. The quantitative estimate of drug-likeness (QED) is 0.512. The number of rotatable bonds is 6. The molecule has 0 saturated carbocycles. The van der Waals surface area contributed by atoms with E-state index in [-0.39, 0.29) is 23.8 Å². The zero-order chi connectivity index (χ0) is 20.4. The van der Waals surface area contributed by atoms with Gasteiger partial charge in [-0.15, -0.1) is 0 Å². The summed E-state index contributed by atoms with van der Waals surface area (Å²) in [5, 5.41) is 5.93. The van der Waals surface area contributed by atoms with Crippen molar-refractivity contribution in [2.75, 3.05) is 7.05 Å². The molecule has 0 aliphatic carbocycles. The van der Waals surface area contributed by atoms with E-state index in [0.29, 0.717) is 5.56 Å². The summed E-state index contributed by atoms with van der Waals surface area (Å²) in [5.41, 5.74) is 2.27. The largest absolute Gasteiger partial charge is 0.464 e. The normalized spacial score (nSPS) is 11.8. The van der Waals surface area contributed by atoms with Crippen molar-refractivity contribution < 1.29 is 17.6 Å². The van der Waals surface area contributed by atoms with Crippen LogP contribution in [0.2, 0.25) is 0 Å². The van der Waals surface area contributed by atoms with Crippen LogP contribution in [0.1, 0.15) is 11.1 Å². The zero-order valence-electron chi connectivity index (χ0n) is 15.8. The molecule has 29 heavy (non-hydrogen) atoms. The molecule has 148 valence electrons. The Kier molecular flexibility index (Phi) is 5.08. The summed E-state index contributed by atoms with van der Waals surface area (Å²) in [6, 6.07) is 18.4. The van der Waals surface area contributed by atoms with E-state index in [0.717, 1.165) is 27.3 Å². The number of nitrogens with one attached hydrogen (secondary N) is 2. The van der Waals surface area contributed by atoms with Gasteiger partial charge in [0.15, 0.2) is 0 Å². The van der Waals surface area contributed by atoms with Gasteiger partial charge in [-0.1, -0.05) is 42.5 Å². The van der Waals surface area contributed by atoms with Crippen LogP contribution in [0.3, 0.4) is 0 Å². The molecule has 4 aromatic rings. The second-order valence-electron chi connectivity index (χ2n) is 6.73. The lowest BCUT2D eigenvalue weighted by Gasteiger charge is -2.08. The van der Waals surface area contributed by atoms with Crippen molar-refractivity contribution in [3.63, 3.8) is 0 Å². The van der Waals surface area contributed by atoms with E-state index in [1.807, 2.05) is 36.4 Å². The SMILES string of the molecule is CNS(=O)(=O)c1cccc(CNC(=O)Cc2coc3ccc4ccccc4c23)c1. The van der Waals surface area contributed by atoms with Crippen molar-refractivity contribution in [3.8, 4) is 0 Å². The van der Waals surface area contributed by atoms with E-state index in [9.17, 15) is 13.2 Å². The van der Waals surface area contributed by atoms with Crippen LogP contribution in [0.25, 0.3) is 21.7 Å². The van der Waals surface area contributed by atoms with Crippen molar-refractivity contribution in [1.82, 2.24) is 10.0 Å². The predicted molar refractivity (Wildman–Crippen MR) is 112 cm³/mol. The molecule has 1 amide bonds. The molecule has 0 unspecified atom stereocenters. The third-order valence-corrected chi connectivity index (χ3v) is 6.27. The molecular formula is C22H20N2O4S. The molecule has 1 aromatic heterocycles. The Morgan fingerprint density at radius 3 is 2.69 bits per heavy atom. The number of carbonyl (C=O) groups excluding carboxylic acids is 1. The van der Waals surface area contributed by atoms with Crippen molar-refractivity contribution in [3.05, 3.63) is 78.1 Å². The van der Waals surface area contributed by atoms with Gasteiger partial charge in [0, 0.05) is 17.5 Å². The Hall–Kier alpha value is -3.16. The highest BCUT2D eigenvalue weighted by Crippen LogP contribution is 2.30. The monoisotopic (exact) mass is 408 g/mol. The van der Waals surface area contributed by atoms with E-state index < -0.39 is 10.0 Å². The Labute approximate surface area is 168 Å². The molecule has 3 aromatic carbocycles. The van der Waals surface area contributed by atoms with E-state index in [1.165, 1.54) is 13.1 Å².